The van der Waals surface area contributed by atoms with E-state index in [1.54, 1.807) is 13.2 Å². The van der Waals surface area contributed by atoms with Gasteiger partial charge in [-0.15, -0.1) is 12.4 Å². The van der Waals surface area contributed by atoms with Gasteiger partial charge in [-0.1, -0.05) is 11.6 Å². The van der Waals surface area contributed by atoms with Crippen LogP contribution in [0.15, 0.2) is 12.1 Å². The smallest absolute Gasteiger partial charge is 0.238 e. The maximum atomic E-state index is 12.3. The third kappa shape index (κ3) is 6.66. The minimum absolute atomic E-state index is 0. The van der Waals surface area contributed by atoms with E-state index in [9.17, 15) is 4.79 Å². The molecule has 7 heteroatoms. The van der Waals surface area contributed by atoms with Crippen LogP contribution in [0, 0.1) is 12.8 Å². The van der Waals surface area contributed by atoms with Gasteiger partial charge in [0.25, 0.3) is 0 Å². The number of anilines is 1. The molecule has 1 aromatic carbocycles. The van der Waals surface area contributed by atoms with Gasteiger partial charge in [0, 0.05) is 11.1 Å². The molecule has 0 saturated carbocycles. The van der Waals surface area contributed by atoms with Crippen LogP contribution in [0.3, 0.4) is 0 Å². The zero-order valence-electron chi connectivity index (χ0n) is 15.2. The number of hydrogen-bond acceptors (Lipinski definition) is 4. The summed E-state index contributed by atoms with van der Waals surface area (Å²) < 4.78 is 5.30. The molecule has 1 aromatic rings. The lowest BCUT2D eigenvalue weighted by atomic mass is 9.93. The number of piperidine rings is 1. The largest absolute Gasteiger partial charge is 0.495 e. The highest BCUT2D eigenvalue weighted by Gasteiger charge is 2.21. The zero-order valence-corrected chi connectivity index (χ0v) is 16.8. The van der Waals surface area contributed by atoms with Crippen molar-refractivity contribution >= 4 is 35.6 Å². The van der Waals surface area contributed by atoms with Crippen molar-refractivity contribution < 1.29 is 9.53 Å². The van der Waals surface area contributed by atoms with Crippen LogP contribution in [-0.2, 0) is 4.79 Å². The number of rotatable bonds is 7. The molecule has 0 aromatic heterocycles. The monoisotopic (exact) mass is 389 g/mol. The highest BCUT2D eigenvalue weighted by Crippen LogP contribution is 2.31. The summed E-state index contributed by atoms with van der Waals surface area (Å²) in [5, 5.41) is 6.79. The number of halogens is 2. The highest BCUT2D eigenvalue weighted by molar-refractivity contribution is 6.31. The van der Waals surface area contributed by atoms with E-state index in [4.69, 9.17) is 16.3 Å². The Labute approximate surface area is 161 Å². The second kappa shape index (κ2) is 10.9. The Kier molecular flexibility index (Phi) is 9.57. The van der Waals surface area contributed by atoms with Gasteiger partial charge in [0.1, 0.15) is 5.75 Å². The molecule has 1 aliphatic heterocycles. The summed E-state index contributed by atoms with van der Waals surface area (Å²) in [7, 11) is 3.57. The molecule has 1 saturated heterocycles. The van der Waals surface area contributed by atoms with E-state index in [-0.39, 0.29) is 18.3 Å². The third-order valence-corrected chi connectivity index (χ3v) is 5.04. The summed E-state index contributed by atoms with van der Waals surface area (Å²) >= 11 is 6.10. The van der Waals surface area contributed by atoms with Crippen LogP contribution in [0.2, 0.25) is 5.02 Å². The number of benzene rings is 1. The van der Waals surface area contributed by atoms with Crippen molar-refractivity contribution in [3.8, 4) is 5.75 Å². The standard InChI is InChI=1S/C18H28ClN3O2.ClH/c1-13-10-16(17(24-3)11-15(13)19)21-18(23)12-22-8-5-14(6-9-22)4-7-20-2;/h10-11,14,20H,4-9,12H2,1-3H3,(H,21,23);1H. The van der Waals surface area contributed by atoms with Crippen LogP contribution in [0.25, 0.3) is 0 Å². The van der Waals surface area contributed by atoms with Crippen molar-refractivity contribution in [3.63, 3.8) is 0 Å². The minimum Gasteiger partial charge on any atom is -0.495 e. The highest BCUT2D eigenvalue weighted by atomic mass is 35.5. The van der Waals surface area contributed by atoms with Gasteiger partial charge in [-0.3, -0.25) is 9.69 Å². The van der Waals surface area contributed by atoms with Crippen molar-refractivity contribution in [3.05, 3.63) is 22.7 Å². The Bertz CT molecular complexity index is 561. The first-order valence-electron chi connectivity index (χ1n) is 8.54. The van der Waals surface area contributed by atoms with Crippen molar-refractivity contribution in [2.75, 3.05) is 45.7 Å². The van der Waals surface area contributed by atoms with Gasteiger partial charge >= 0.3 is 0 Å². The van der Waals surface area contributed by atoms with Gasteiger partial charge in [0.15, 0.2) is 0 Å². The SMILES string of the molecule is CNCCC1CCN(CC(=O)Nc2cc(C)c(Cl)cc2OC)CC1.Cl. The molecule has 0 unspecified atom stereocenters. The minimum atomic E-state index is -0.0105. The fourth-order valence-corrected chi connectivity index (χ4v) is 3.26. The fourth-order valence-electron chi connectivity index (χ4n) is 3.10. The number of carbonyl (C=O) groups excluding carboxylic acids is 1. The Morgan fingerprint density at radius 1 is 1.36 bits per heavy atom. The van der Waals surface area contributed by atoms with Crippen LogP contribution in [0.4, 0.5) is 5.69 Å². The van der Waals surface area contributed by atoms with Crippen LogP contribution in [0.1, 0.15) is 24.8 Å². The van der Waals surface area contributed by atoms with Crippen molar-refractivity contribution in [1.29, 1.82) is 0 Å². The van der Waals surface area contributed by atoms with E-state index in [1.807, 2.05) is 20.0 Å². The summed E-state index contributed by atoms with van der Waals surface area (Å²) in [5.41, 5.74) is 1.59. The quantitative estimate of drug-likeness (QED) is 0.750. The molecule has 1 amide bonds. The lowest BCUT2D eigenvalue weighted by Gasteiger charge is -2.31. The Balaban J connectivity index is 0.00000312. The molecule has 0 spiro atoms. The molecule has 0 bridgehead atoms. The normalized spacial score (nSPS) is 15.5. The molecular formula is C18H29Cl2N3O2. The number of methoxy groups -OCH3 is 1. The molecule has 1 aliphatic rings. The predicted molar refractivity (Wildman–Crippen MR) is 106 cm³/mol. The summed E-state index contributed by atoms with van der Waals surface area (Å²) in [5.74, 6) is 1.35. The van der Waals surface area contributed by atoms with Crippen molar-refractivity contribution in [2.24, 2.45) is 5.92 Å². The van der Waals surface area contributed by atoms with Gasteiger partial charge < -0.3 is 15.4 Å². The van der Waals surface area contributed by atoms with Gasteiger partial charge in [-0.2, -0.15) is 0 Å². The number of amides is 1. The molecule has 2 rings (SSSR count). The van der Waals surface area contributed by atoms with Gasteiger partial charge in [-0.05, 0) is 70.4 Å². The van der Waals surface area contributed by atoms with Crippen LogP contribution >= 0.6 is 24.0 Å². The fraction of sp³-hybridized carbons (Fsp3) is 0.611. The summed E-state index contributed by atoms with van der Waals surface area (Å²) in [6, 6.07) is 3.59. The predicted octanol–water partition coefficient (Wildman–Crippen LogP) is 3.34. The number of hydrogen-bond donors (Lipinski definition) is 2. The molecule has 142 valence electrons. The first kappa shape index (κ1) is 22.0. The molecule has 0 aliphatic carbocycles. The number of nitrogens with one attached hydrogen (secondary N) is 2. The molecule has 0 atom stereocenters. The third-order valence-electron chi connectivity index (χ3n) is 4.63. The summed E-state index contributed by atoms with van der Waals surface area (Å²) in [4.78, 5) is 14.6. The molecule has 0 radical (unpaired) electrons. The van der Waals surface area contributed by atoms with Crippen molar-refractivity contribution in [2.45, 2.75) is 26.2 Å². The maximum absolute atomic E-state index is 12.3. The maximum Gasteiger partial charge on any atom is 0.238 e. The van der Waals surface area contributed by atoms with Crippen LogP contribution < -0.4 is 15.4 Å². The van der Waals surface area contributed by atoms with E-state index in [0.29, 0.717) is 23.0 Å². The number of aryl methyl sites for hydroxylation is 1. The van der Waals surface area contributed by atoms with Crippen molar-refractivity contribution in [1.82, 2.24) is 10.2 Å². The molecule has 2 N–H and O–H groups in total. The van der Waals surface area contributed by atoms with E-state index in [1.165, 1.54) is 19.3 Å². The first-order chi connectivity index (χ1) is 11.5. The first-order valence-corrected chi connectivity index (χ1v) is 8.92. The average molecular weight is 390 g/mol. The Morgan fingerprint density at radius 2 is 2.04 bits per heavy atom. The average Bonchev–Trinajstić information content (AvgIpc) is 2.57. The molecule has 1 fully saturated rings. The van der Waals surface area contributed by atoms with Gasteiger partial charge in [0.05, 0.1) is 19.3 Å². The Hall–Kier alpha value is -1.01. The second-order valence-corrected chi connectivity index (χ2v) is 6.87. The Morgan fingerprint density at radius 3 is 2.64 bits per heavy atom. The summed E-state index contributed by atoms with van der Waals surface area (Å²) in [6.07, 6.45) is 3.55. The number of carbonyl (C=O) groups is 1. The lowest BCUT2D eigenvalue weighted by molar-refractivity contribution is -0.117. The number of nitrogens with zero attached hydrogens (tertiary/aromatic N) is 1. The molecule has 5 nitrogen and oxygen atoms in total. The molecule has 25 heavy (non-hydrogen) atoms. The van der Waals surface area contributed by atoms with Gasteiger partial charge in [-0.25, -0.2) is 0 Å². The van der Waals surface area contributed by atoms with E-state index in [0.717, 1.165) is 31.1 Å². The summed E-state index contributed by atoms with van der Waals surface area (Å²) in [6.45, 7) is 5.37. The number of likely N-dealkylation sites (tertiary alicyclic amines) is 1. The topological polar surface area (TPSA) is 53.6 Å². The number of ether oxygens (including phenoxy) is 1. The lowest BCUT2D eigenvalue weighted by Crippen LogP contribution is -2.39. The van der Waals surface area contributed by atoms with Crippen LogP contribution in [-0.4, -0.2) is 51.1 Å². The van der Waals surface area contributed by atoms with E-state index >= 15 is 0 Å². The van der Waals surface area contributed by atoms with E-state index in [2.05, 4.69) is 15.5 Å². The zero-order chi connectivity index (χ0) is 17.5. The second-order valence-electron chi connectivity index (χ2n) is 6.46. The molecular weight excluding hydrogens is 361 g/mol. The van der Waals surface area contributed by atoms with Gasteiger partial charge in [0.2, 0.25) is 5.91 Å². The van der Waals surface area contributed by atoms with E-state index < -0.39 is 0 Å². The van der Waals surface area contributed by atoms with Crippen LogP contribution in [0.5, 0.6) is 5.75 Å². The molecule has 1 heterocycles.